The highest BCUT2D eigenvalue weighted by molar-refractivity contribution is 5.96. The van der Waals surface area contributed by atoms with Crippen molar-refractivity contribution in [2.45, 2.75) is 6.92 Å². The van der Waals surface area contributed by atoms with E-state index in [2.05, 4.69) is 4.98 Å². The Morgan fingerprint density at radius 2 is 2.00 bits per heavy atom. The first-order chi connectivity index (χ1) is 13.0. The average molecular weight is 364 g/mol. The van der Waals surface area contributed by atoms with Crippen molar-refractivity contribution in [2.24, 2.45) is 0 Å². The molecule has 3 aromatic rings. The van der Waals surface area contributed by atoms with Crippen LogP contribution < -0.4 is 5.73 Å². The van der Waals surface area contributed by atoms with E-state index in [-0.39, 0.29) is 29.2 Å². The summed E-state index contributed by atoms with van der Waals surface area (Å²) in [7, 11) is 1.23. The Kier molecular flexibility index (Phi) is 4.77. The number of pyridine rings is 1. The van der Waals surface area contributed by atoms with Gasteiger partial charge in [-0.15, -0.1) is 0 Å². The van der Waals surface area contributed by atoms with Crippen LogP contribution in [0.1, 0.15) is 33.5 Å². The van der Waals surface area contributed by atoms with Crippen LogP contribution in [0.3, 0.4) is 0 Å². The number of rotatable bonds is 4. The fourth-order valence-electron chi connectivity index (χ4n) is 2.69. The molecule has 27 heavy (non-hydrogen) atoms. The van der Waals surface area contributed by atoms with Crippen LogP contribution in [-0.4, -0.2) is 35.2 Å². The minimum Gasteiger partial charge on any atom is -0.464 e. The van der Waals surface area contributed by atoms with Gasteiger partial charge in [-0.25, -0.2) is 14.6 Å². The predicted octanol–water partition coefficient (Wildman–Crippen LogP) is 2.44. The fourth-order valence-corrected chi connectivity index (χ4v) is 2.69. The average Bonchev–Trinajstić information content (AvgIpc) is 3.03. The van der Waals surface area contributed by atoms with Crippen LogP contribution in [0.2, 0.25) is 0 Å². The monoisotopic (exact) mass is 364 g/mol. The summed E-state index contributed by atoms with van der Waals surface area (Å²) in [5.41, 5.74) is 7.42. The Morgan fingerprint density at radius 3 is 2.67 bits per heavy atom. The number of nitriles is 1. The number of nitrogens with two attached hydrogens (primary N) is 1. The van der Waals surface area contributed by atoms with Gasteiger partial charge in [-0.3, -0.25) is 0 Å². The SMILES string of the molecule is CCOC(=O)c1ccc2ccc(-n3cc(C#N)c(N)c3C(=O)OC)cc2n1. The molecule has 1 aromatic carbocycles. The summed E-state index contributed by atoms with van der Waals surface area (Å²) in [6.45, 7) is 1.97. The van der Waals surface area contributed by atoms with Gasteiger partial charge in [0, 0.05) is 17.3 Å². The standard InChI is InChI=1S/C19H16N4O4/c1-3-27-18(24)14-7-5-11-4-6-13(8-15(11)22-14)23-10-12(9-20)16(21)17(23)19(25)26-2/h4-8,10H,3,21H2,1-2H3. The van der Waals surface area contributed by atoms with Crippen molar-refractivity contribution in [3.05, 3.63) is 53.5 Å². The smallest absolute Gasteiger partial charge is 0.357 e. The first-order valence-corrected chi connectivity index (χ1v) is 8.07. The molecule has 0 bridgehead atoms. The van der Waals surface area contributed by atoms with Crippen LogP contribution in [-0.2, 0) is 9.47 Å². The lowest BCUT2D eigenvalue weighted by molar-refractivity contribution is 0.0519. The van der Waals surface area contributed by atoms with E-state index in [0.717, 1.165) is 5.39 Å². The lowest BCUT2D eigenvalue weighted by Gasteiger charge is -2.10. The lowest BCUT2D eigenvalue weighted by Crippen LogP contribution is -2.11. The molecule has 136 valence electrons. The van der Waals surface area contributed by atoms with E-state index in [1.165, 1.54) is 17.9 Å². The number of hydrogen-bond acceptors (Lipinski definition) is 7. The zero-order chi connectivity index (χ0) is 19.6. The van der Waals surface area contributed by atoms with Gasteiger partial charge < -0.3 is 19.8 Å². The first-order valence-electron chi connectivity index (χ1n) is 8.07. The molecule has 0 saturated heterocycles. The van der Waals surface area contributed by atoms with Crippen LogP contribution in [0, 0.1) is 11.3 Å². The van der Waals surface area contributed by atoms with Gasteiger partial charge in [-0.2, -0.15) is 5.26 Å². The Bertz CT molecular complexity index is 1100. The molecule has 0 aliphatic carbocycles. The van der Waals surface area contributed by atoms with Gasteiger partial charge >= 0.3 is 11.9 Å². The van der Waals surface area contributed by atoms with E-state index in [0.29, 0.717) is 11.2 Å². The zero-order valence-corrected chi connectivity index (χ0v) is 14.7. The molecule has 0 radical (unpaired) electrons. The van der Waals surface area contributed by atoms with E-state index < -0.39 is 11.9 Å². The zero-order valence-electron chi connectivity index (χ0n) is 14.7. The molecule has 0 spiro atoms. The molecule has 0 saturated carbocycles. The maximum absolute atomic E-state index is 12.1. The van der Waals surface area contributed by atoms with E-state index in [9.17, 15) is 14.9 Å². The van der Waals surface area contributed by atoms with E-state index in [1.807, 2.05) is 6.07 Å². The third-order valence-corrected chi connectivity index (χ3v) is 3.98. The summed E-state index contributed by atoms with van der Waals surface area (Å²) in [5, 5.41) is 10.0. The van der Waals surface area contributed by atoms with Crippen LogP contribution in [0.4, 0.5) is 5.69 Å². The third-order valence-electron chi connectivity index (χ3n) is 3.98. The van der Waals surface area contributed by atoms with Crippen molar-refractivity contribution in [3.63, 3.8) is 0 Å². The molecule has 3 rings (SSSR count). The molecule has 8 nitrogen and oxygen atoms in total. The van der Waals surface area contributed by atoms with Crippen molar-refractivity contribution < 1.29 is 19.1 Å². The number of hydrogen-bond donors (Lipinski definition) is 1. The lowest BCUT2D eigenvalue weighted by atomic mass is 10.1. The summed E-state index contributed by atoms with van der Waals surface area (Å²) >= 11 is 0. The number of carbonyl (C=O) groups excluding carboxylic acids is 2. The number of nitrogen functional groups attached to an aromatic ring is 1. The predicted molar refractivity (Wildman–Crippen MR) is 97.5 cm³/mol. The Morgan fingerprint density at radius 1 is 1.26 bits per heavy atom. The molecule has 2 heterocycles. The Balaban J connectivity index is 2.16. The number of esters is 2. The topological polar surface area (TPSA) is 120 Å². The molecular weight excluding hydrogens is 348 g/mol. The highest BCUT2D eigenvalue weighted by Gasteiger charge is 2.22. The largest absolute Gasteiger partial charge is 0.464 e. The van der Waals surface area contributed by atoms with E-state index in [4.69, 9.17) is 15.2 Å². The van der Waals surface area contributed by atoms with Gasteiger partial charge in [0.2, 0.25) is 0 Å². The summed E-state index contributed by atoms with van der Waals surface area (Å²) in [6.07, 6.45) is 1.46. The van der Waals surface area contributed by atoms with Gasteiger partial charge in [-0.1, -0.05) is 12.1 Å². The van der Waals surface area contributed by atoms with Gasteiger partial charge in [0.15, 0.2) is 5.69 Å². The van der Waals surface area contributed by atoms with Crippen LogP contribution >= 0.6 is 0 Å². The molecule has 0 aliphatic heterocycles. The quantitative estimate of drug-likeness (QED) is 0.706. The van der Waals surface area contributed by atoms with Gasteiger partial charge in [0.25, 0.3) is 0 Å². The number of benzene rings is 1. The third kappa shape index (κ3) is 3.18. The van der Waals surface area contributed by atoms with Crippen LogP contribution in [0.15, 0.2) is 36.5 Å². The molecular formula is C19H16N4O4. The highest BCUT2D eigenvalue weighted by Crippen LogP contribution is 2.26. The number of fused-ring (bicyclic) bond motifs is 1. The number of anilines is 1. The summed E-state index contributed by atoms with van der Waals surface area (Å²) in [4.78, 5) is 28.4. The Labute approximate surface area is 154 Å². The molecule has 0 amide bonds. The summed E-state index contributed by atoms with van der Waals surface area (Å²) < 4.78 is 11.2. The van der Waals surface area contributed by atoms with E-state index in [1.54, 1.807) is 37.3 Å². The van der Waals surface area contributed by atoms with Crippen LogP contribution in [0.5, 0.6) is 0 Å². The number of ether oxygens (including phenoxy) is 2. The second-order valence-corrected chi connectivity index (χ2v) is 5.57. The number of nitrogens with zero attached hydrogens (tertiary/aromatic N) is 3. The van der Waals surface area contributed by atoms with Crippen LogP contribution in [0.25, 0.3) is 16.6 Å². The number of methoxy groups -OCH3 is 1. The highest BCUT2D eigenvalue weighted by atomic mass is 16.5. The normalized spacial score (nSPS) is 10.4. The summed E-state index contributed by atoms with van der Waals surface area (Å²) in [5.74, 6) is -1.18. The van der Waals surface area contributed by atoms with Crippen molar-refractivity contribution >= 4 is 28.5 Å². The maximum atomic E-state index is 12.1. The molecule has 0 atom stereocenters. The van der Waals surface area contributed by atoms with Gasteiger partial charge in [-0.05, 0) is 25.1 Å². The second kappa shape index (κ2) is 7.17. The maximum Gasteiger partial charge on any atom is 0.357 e. The van der Waals surface area contributed by atoms with Crippen molar-refractivity contribution in [1.82, 2.24) is 9.55 Å². The molecule has 2 N–H and O–H groups in total. The van der Waals surface area contributed by atoms with Gasteiger partial charge in [0.1, 0.15) is 11.8 Å². The molecule has 0 aliphatic rings. The minimum absolute atomic E-state index is 0.0395. The van der Waals surface area contributed by atoms with E-state index >= 15 is 0 Å². The number of carbonyl (C=O) groups is 2. The minimum atomic E-state index is -0.665. The molecule has 0 fully saturated rings. The first kappa shape index (κ1) is 17.9. The van der Waals surface area contributed by atoms with Gasteiger partial charge in [0.05, 0.1) is 30.5 Å². The molecule has 2 aromatic heterocycles. The second-order valence-electron chi connectivity index (χ2n) is 5.57. The van der Waals surface area contributed by atoms with Crippen molar-refractivity contribution in [2.75, 3.05) is 19.5 Å². The summed E-state index contributed by atoms with van der Waals surface area (Å²) in [6, 6.07) is 10.5. The molecule has 8 heteroatoms. The number of aromatic nitrogens is 2. The van der Waals surface area contributed by atoms with Crippen molar-refractivity contribution in [3.8, 4) is 11.8 Å². The fraction of sp³-hybridized carbons (Fsp3) is 0.158. The molecule has 0 unspecified atom stereocenters. The van der Waals surface area contributed by atoms with Crippen molar-refractivity contribution in [1.29, 1.82) is 5.26 Å². The Hall–Kier alpha value is -3.86.